The molecule has 1 fully saturated rings. The number of aliphatic imine (C=N–C) groups is 1. The maximum atomic E-state index is 13.2. The van der Waals surface area contributed by atoms with Crippen molar-refractivity contribution in [1.29, 1.82) is 0 Å². The van der Waals surface area contributed by atoms with Crippen molar-refractivity contribution in [2.75, 3.05) is 19.8 Å². The van der Waals surface area contributed by atoms with Crippen molar-refractivity contribution in [2.45, 2.75) is 20.8 Å². The molecule has 5 nitrogen and oxygen atoms in total. The fourth-order valence-electron chi connectivity index (χ4n) is 3.05. The van der Waals surface area contributed by atoms with Gasteiger partial charge in [-0.1, -0.05) is 44.2 Å². The maximum absolute atomic E-state index is 13.2. The van der Waals surface area contributed by atoms with E-state index < -0.39 is 0 Å². The molecule has 0 aromatic heterocycles. The molecule has 0 unspecified atom stereocenters. The number of halogens is 1. The first kappa shape index (κ1) is 24.0. The van der Waals surface area contributed by atoms with Gasteiger partial charge in [-0.15, -0.1) is 0 Å². The molecule has 168 valence electrons. The highest BCUT2D eigenvalue weighted by Gasteiger charge is 2.33. The fraction of sp³-hybridized carbons (Fsp3) is 0.280. The Hall–Kier alpha value is -2.70. The van der Waals surface area contributed by atoms with Gasteiger partial charge in [-0.2, -0.15) is 0 Å². The third-order valence-corrected chi connectivity index (χ3v) is 5.67. The molecule has 0 N–H and O–H groups in total. The Morgan fingerprint density at radius 1 is 1.16 bits per heavy atom. The van der Waals surface area contributed by atoms with E-state index in [0.29, 0.717) is 52.3 Å². The van der Waals surface area contributed by atoms with E-state index in [9.17, 15) is 4.79 Å². The molecule has 1 amide bonds. The lowest BCUT2D eigenvalue weighted by Gasteiger charge is -2.17. The third-order valence-electron chi connectivity index (χ3n) is 4.41. The van der Waals surface area contributed by atoms with Crippen molar-refractivity contribution in [3.63, 3.8) is 0 Å². The van der Waals surface area contributed by atoms with Crippen molar-refractivity contribution >= 4 is 46.2 Å². The van der Waals surface area contributed by atoms with Crippen LogP contribution in [0.2, 0.25) is 5.02 Å². The van der Waals surface area contributed by atoms with Crippen molar-refractivity contribution in [1.82, 2.24) is 4.90 Å². The van der Waals surface area contributed by atoms with Gasteiger partial charge in [0.1, 0.15) is 6.61 Å². The fourth-order valence-corrected chi connectivity index (χ4v) is 4.18. The molecule has 1 aliphatic rings. The van der Waals surface area contributed by atoms with Crippen LogP contribution in [0.3, 0.4) is 0 Å². The molecule has 2 aromatic carbocycles. The number of hydrogen-bond donors (Lipinski definition) is 0. The molecular formula is C25H27ClN2O3S. The van der Waals surface area contributed by atoms with E-state index in [1.165, 1.54) is 11.8 Å². The minimum absolute atomic E-state index is 0.0543. The maximum Gasteiger partial charge on any atom is 0.266 e. The largest absolute Gasteiger partial charge is 0.490 e. The number of thioether (sulfide) groups is 1. The van der Waals surface area contributed by atoms with Crippen LogP contribution in [0.4, 0.5) is 5.69 Å². The molecular weight excluding hydrogens is 444 g/mol. The third kappa shape index (κ3) is 6.17. The van der Waals surface area contributed by atoms with Gasteiger partial charge in [0.2, 0.25) is 0 Å². The van der Waals surface area contributed by atoms with Crippen LogP contribution in [-0.4, -0.2) is 35.7 Å². The van der Waals surface area contributed by atoms with Gasteiger partial charge >= 0.3 is 0 Å². The summed E-state index contributed by atoms with van der Waals surface area (Å²) in [6.45, 7) is 11.2. The molecule has 32 heavy (non-hydrogen) atoms. The summed E-state index contributed by atoms with van der Waals surface area (Å²) in [6.07, 6.45) is 3.55. The molecule has 0 spiro atoms. The molecule has 3 rings (SSSR count). The molecule has 0 atom stereocenters. The molecule has 1 heterocycles. The quantitative estimate of drug-likeness (QED) is 0.307. The van der Waals surface area contributed by atoms with Crippen molar-refractivity contribution in [3.05, 3.63) is 70.6 Å². The lowest BCUT2D eigenvalue weighted by atomic mass is 10.1. The zero-order chi connectivity index (χ0) is 23.1. The monoisotopic (exact) mass is 470 g/mol. The first-order valence-corrected chi connectivity index (χ1v) is 11.7. The Balaban J connectivity index is 1.93. The number of carbonyl (C=O) groups excluding carboxylic acids is 1. The summed E-state index contributed by atoms with van der Waals surface area (Å²) >= 11 is 7.35. The SMILES string of the molecule is C=CCOc1ccc(/C=C2\SC(=Nc3ccc(Cl)cc3)N(CC(C)C)C2=O)cc1OCC. The second kappa shape index (κ2) is 11.2. The van der Waals surface area contributed by atoms with Crippen molar-refractivity contribution < 1.29 is 14.3 Å². The van der Waals surface area contributed by atoms with Gasteiger partial charge in [0.05, 0.1) is 17.2 Å². The zero-order valence-corrected chi connectivity index (χ0v) is 20.1. The molecule has 0 bridgehead atoms. The van der Waals surface area contributed by atoms with E-state index in [1.807, 2.05) is 43.3 Å². The molecule has 0 saturated carbocycles. The highest BCUT2D eigenvalue weighted by molar-refractivity contribution is 8.18. The van der Waals surface area contributed by atoms with Gasteiger partial charge in [0.25, 0.3) is 5.91 Å². The zero-order valence-electron chi connectivity index (χ0n) is 18.5. The number of benzene rings is 2. The first-order valence-electron chi connectivity index (χ1n) is 10.5. The summed E-state index contributed by atoms with van der Waals surface area (Å²) in [5, 5.41) is 1.31. The average molecular weight is 471 g/mol. The molecule has 7 heteroatoms. The van der Waals surface area contributed by atoms with Gasteiger partial charge in [-0.25, -0.2) is 4.99 Å². The number of ether oxygens (including phenoxy) is 2. The number of carbonyl (C=O) groups is 1. The Kier molecular flexibility index (Phi) is 8.42. The van der Waals surface area contributed by atoms with Crippen molar-refractivity contribution in [3.8, 4) is 11.5 Å². The van der Waals surface area contributed by atoms with Gasteiger partial charge in [-0.3, -0.25) is 9.69 Å². The van der Waals surface area contributed by atoms with Crippen LogP contribution in [0.1, 0.15) is 26.3 Å². The van der Waals surface area contributed by atoms with E-state index in [0.717, 1.165) is 11.3 Å². The molecule has 2 aromatic rings. The minimum Gasteiger partial charge on any atom is -0.490 e. The van der Waals surface area contributed by atoms with Crippen LogP contribution in [0.15, 0.2) is 65.0 Å². The van der Waals surface area contributed by atoms with Gasteiger partial charge in [0, 0.05) is 11.6 Å². The van der Waals surface area contributed by atoms with E-state index in [4.69, 9.17) is 26.1 Å². The number of amides is 1. The standard InChI is InChI=1S/C25H27ClN2O3S/c1-5-13-31-21-12-7-18(14-22(21)30-6-2)15-23-24(29)28(16-17(3)4)25(32-23)27-20-10-8-19(26)9-11-20/h5,7-12,14-15,17H,1,6,13,16H2,2-4H3/b23-15-,27-25?. The van der Waals surface area contributed by atoms with E-state index in [2.05, 4.69) is 20.4 Å². The highest BCUT2D eigenvalue weighted by atomic mass is 35.5. The molecule has 1 saturated heterocycles. The Labute approximate surface area is 198 Å². The van der Waals surface area contributed by atoms with Gasteiger partial charge in [0.15, 0.2) is 16.7 Å². The van der Waals surface area contributed by atoms with Crippen LogP contribution < -0.4 is 9.47 Å². The number of nitrogens with zero attached hydrogens (tertiary/aromatic N) is 2. The summed E-state index contributed by atoms with van der Waals surface area (Å²) in [6, 6.07) is 12.9. The average Bonchev–Trinajstić information content (AvgIpc) is 3.03. The summed E-state index contributed by atoms with van der Waals surface area (Å²) in [7, 11) is 0. The predicted molar refractivity (Wildman–Crippen MR) is 134 cm³/mol. The molecule has 0 aliphatic carbocycles. The Bertz CT molecular complexity index is 1030. The van der Waals surface area contributed by atoms with E-state index in [1.54, 1.807) is 23.1 Å². The topological polar surface area (TPSA) is 51.1 Å². The lowest BCUT2D eigenvalue weighted by Crippen LogP contribution is -2.32. The smallest absolute Gasteiger partial charge is 0.266 e. The summed E-state index contributed by atoms with van der Waals surface area (Å²) < 4.78 is 11.4. The Morgan fingerprint density at radius 3 is 2.56 bits per heavy atom. The normalized spacial score (nSPS) is 16.3. The number of hydrogen-bond acceptors (Lipinski definition) is 5. The van der Waals surface area contributed by atoms with Gasteiger partial charge in [-0.05, 0) is 72.6 Å². The van der Waals surface area contributed by atoms with E-state index in [-0.39, 0.29) is 5.91 Å². The van der Waals surface area contributed by atoms with E-state index >= 15 is 0 Å². The first-order chi connectivity index (χ1) is 15.4. The minimum atomic E-state index is -0.0543. The highest BCUT2D eigenvalue weighted by Crippen LogP contribution is 2.36. The van der Waals surface area contributed by atoms with Crippen LogP contribution >= 0.6 is 23.4 Å². The summed E-state index contributed by atoms with van der Waals surface area (Å²) in [4.78, 5) is 20.2. The second-order valence-corrected chi connectivity index (χ2v) is 8.98. The predicted octanol–water partition coefficient (Wildman–Crippen LogP) is 6.56. The second-order valence-electron chi connectivity index (χ2n) is 7.53. The summed E-state index contributed by atoms with van der Waals surface area (Å²) in [5.41, 5.74) is 1.61. The van der Waals surface area contributed by atoms with Crippen molar-refractivity contribution in [2.24, 2.45) is 10.9 Å². The Morgan fingerprint density at radius 2 is 1.91 bits per heavy atom. The van der Waals surface area contributed by atoms with Crippen LogP contribution in [0.5, 0.6) is 11.5 Å². The summed E-state index contributed by atoms with van der Waals surface area (Å²) in [5.74, 6) is 1.53. The van der Waals surface area contributed by atoms with Crippen LogP contribution in [0.25, 0.3) is 6.08 Å². The van der Waals surface area contributed by atoms with Crippen LogP contribution in [0, 0.1) is 5.92 Å². The van der Waals surface area contributed by atoms with Gasteiger partial charge < -0.3 is 9.47 Å². The lowest BCUT2D eigenvalue weighted by molar-refractivity contribution is -0.122. The van der Waals surface area contributed by atoms with Crippen LogP contribution in [-0.2, 0) is 4.79 Å². The number of amidine groups is 1. The number of rotatable bonds is 9. The molecule has 1 aliphatic heterocycles. The molecule has 0 radical (unpaired) electrons.